The van der Waals surface area contributed by atoms with Gasteiger partial charge in [-0.2, -0.15) is 0 Å². The molecule has 0 spiro atoms. The third-order valence-electron chi connectivity index (χ3n) is 9.90. The summed E-state index contributed by atoms with van der Waals surface area (Å²) in [5.74, 6) is -1.59. The van der Waals surface area contributed by atoms with E-state index in [1.54, 1.807) is 6.07 Å². The topological polar surface area (TPSA) is 122 Å². The summed E-state index contributed by atoms with van der Waals surface area (Å²) in [4.78, 5) is 37.5. The molecule has 2 fully saturated rings. The molecule has 9 nitrogen and oxygen atoms in total. The number of fused-ring (bicyclic) bond motifs is 4. The standard InChI is InChI=1S/C29H36O9/c1-14-17-10-22(32)38-26(16-8-9-35-13-16)28(17,5)25(33)23-24(14)37-20-12-19(36-15(2)30)27(3,4)18(29(20,23)6)11-21(31)34-7/h8-10,13,18-20,23,25-26,33H,11-12H2,1-7H3. The molecule has 0 radical (unpaired) electrons. The summed E-state index contributed by atoms with van der Waals surface area (Å²) >= 11 is 0. The highest BCUT2D eigenvalue weighted by atomic mass is 16.6. The van der Waals surface area contributed by atoms with Crippen molar-refractivity contribution in [1.29, 1.82) is 0 Å². The third kappa shape index (κ3) is 3.50. The molecule has 1 aromatic rings. The first-order valence-corrected chi connectivity index (χ1v) is 13.0. The maximum atomic E-state index is 12.7. The monoisotopic (exact) mass is 528 g/mol. The average molecular weight is 529 g/mol. The first kappa shape index (κ1) is 26.5. The quantitative estimate of drug-likeness (QED) is 0.456. The molecule has 2 aliphatic carbocycles. The molecule has 0 bridgehead atoms. The van der Waals surface area contributed by atoms with Gasteiger partial charge < -0.3 is 28.5 Å². The predicted molar refractivity (Wildman–Crippen MR) is 133 cm³/mol. The van der Waals surface area contributed by atoms with Gasteiger partial charge in [0.2, 0.25) is 0 Å². The van der Waals surface area contributed by atoms with Gasteiger partial charge in [0.05, 0.1) is 37.1 Å². The van der Waals surface area contributed by atoms with Crippen molar-refractivity contribution >= 4 is 17.9 Å². The average Bonchev–Trinajstić information content (AvgIpc) is 3.48. The number of allylic oxidation sites excluding steroid dienone is 1. The van der Waals surface area contributed by atoms with E-state index in [1.165, 1.54) is 32.6 Å². The van der Waals surface area contributed by atoms with Crippen LogP contribution in [0.15, 0.2) is 46.0 Å². The Morgan fingerprint density at radius 3 is 2.50 bits per heavy atom. The van der Waals surface area contributed by atoms with E-state index in [0.717, 1.165) is 5.57 Å². The molecule has 1 N–H and O–H groups in total. The first-order chi connectivity index (χ1) is 17.8. The Hall–Kier alpha value is -3.07. The van der Waals surface area contributed by atoms with Crippen molar-refractivity contribution in [3.8, 4) is 0 Å². The summed E-state index contributed by atoms with van der Waals surface area (Å²) in [5, 5.41) is 12.3. The molecule has 38 heavy (non-hydrogen) atoms. The predicted octanol–water partition coefficient (Wildman–Crippen LogP) is 4.02. The second kappa shape index (κ2) is 8.73. The number of cyclic esters (lactones) is 1. The Bertz CT molecular complexity index is 1220. The van der Waals surface area contributed by atoms with Crippen LogP contribution < -0.4 is 0 Å². The molecule has 2 aliphatic heterocycles. The zero-order valence-corrected chi connectivity index (χ0v) is 22.9. The van der Waals surface area contributed by atoms with E-state index in [-0.39, 0.29) is 18.3 Å². The van der Waals surface area contributed by atoms with Crippen LogP contribution in [0.1, 0.15) is 66.1 Å². The van der Waals surface area contributed by atoms with Gasteiger partial charge in [-0.1, -0.05) is 20.8 Å². The van der Waals surface area contributed by atoms with Crippen molar-refractivity contribution in [2.24, 2.45) is 28.1 Å². The number of hydrogen-bond donors (Lipinski definition) is 1. The molecular weight excluding hydrogens is 492 g/mol. The van der Waals surface area contributed by atoms with Crippen LogP contribution in [0, 0.1) is 28.1 Å². The Labute approximate surface area is 222 Å². The number of esters is 3. The number of rotatable bonds is 4. The van der Waals surface area contributed by atoms with Crippen LogP contribution in [-0.2, 0) is 33.3 Å². The summed E-state index contributed by atoms with van der Waals surface area (Å²) < 4.78 is 28.6. The van der Waals surface area contributed by atoms with Crippen molar-refractivity contribution in [3.63, 3.8) is 0 Å². The lowest BCUT2D eigenvalue weighted by atomic mass is 9.46. The number of carbonyl (C=O) groups is 3. The van der Waals surface area contributed by atoms with Crippen LogP contribution in [0.4, 0.5) is 0 Å². The minimum atomic E-state index is -1.03. The molecule has 0 amide bonds. The van der Waals surface area contributed by atoms with Crippen LogP contribution in [0.3, 0.4) is 0 Å². The zero-order valence-electron chi connectivity index (χ0n) is 22.9. The number of hydrogen-bond acceptors (Lipinski definition) is 9. The van der Waals surface area contributed by atoms with Crippen LogP contribution in [-0.4, -0.2) is 48.4 Å². The largest absolute Gasteiger partial charge is 0.493 e. The maximum Gasteiger partial charge on any atom is 0.331 e. The molecule has 8 unspecified atom stereocenters. The van der Waals surface area contributed by atoms with Gasteiger partial charge in [0.15, 0.2) is 0 Å². The molecule has 3 heterocycles. The summed E-state index contributed by atoms with van der Waals surface area (Å²) in [5.41, 5.74) is -0.320. The van der Waals surface area contributed by atoms with Gasteiger partial charge >= 0.3 is 17.9 Å². The van der Waals surface area contributed by atoms with Gasteiger partial charge in [-0.25, -0.2) is 4.79 Å². The van der Waals surface area contributed by atoms with Crippen molar-refractivity contribution in [3.05, 3.63) is 47.1 Å². The van der Waals surface area contributed by atoms with E-state index in [1.807, 2.05) is 34.6 Å². The highest BCUT2D eigenvalue weighted by Gasteiger charge is 2.71. The molecule has 1 aromatic heterocycles. The van der Waals surface area contributed by atoms with Crippen molar-refractivity contribution < 1.29 is 42.9 Å². The van der Waals surface area contributed by atoms with E-state index in [0.29, 0.717) is 23.3 Å². The molecule has 4 aliphatic rings. The SMILES string of the molecule is COC(=O)CC1C(C)(C)C(OC(C)=O)CC2OC3=C(C)C4=CC(=O)OC(c5ccoc5)C4(C)C(O)C3C21C. The number of furan rings is 1. The third-order valence-corrected chi connectivity index (χ3v) is 9.90. The molecular formula is C29H36O9. The van der Waals surface area contributed by atoms with Crippen LogP contribution in [0.2, 0.25) is 0 Å². The van der Waals surface area contributed by atoms with E-state index in [2.05, 4.69) is 0 Å². The summed E-state index contributed by atoms with van der Waals surface area (Å²) in [6, 6.07) is 1.73. The zero-order chi connectivity index (χ0) is 27.8. The Morgan fingerprint density at radius 2 is 1.89 bits per heavy atom. The molecule has 8 atom stereocenters. The van der Waals surface area contributed by atoms with Gasteiger partial charge in [-0.15, -0.1) is 0 Å². The first-order valence-electron chi connectivity index (χ1n) is 13.0. The molecule has 5 rings (SSSR count). The number of aliphatic hydroxyl groups is 1. The highest BCUT2D eigenvalue weighted by Crippen LogP contribution is 2.69. The van der Waals surface area contributed by atoms with Crippen LogP contribution in [0.25, 0.3) is 0 Å². The smallest absolute Gasteiger partial charge is 0.331 e. The summed E-state index contributed by atoms with van der Waals surface area (Å²) in [7, 11) is 1.35. The molecule has 0 aromatic carbocycles. The van der Waals surface area contributed by atoms with Crippen molar-refractivity contribution in [2.75, 3.05) is 7.11 Å². The van der Waals surface area contributed by atoms with Crippen LogP contribution >= 0.6 is 0 Å². The number of methoxy groups -OCH3 is 1. The lowest BCUT2D eigenvalue weighted by molar-refractivity contribution is -0.195. The van der Waals surface area contributed by atoms with Gasteiger partial charge in [0, 0.05) is 42.2 Å². The van der Waals surface area contributed by atoms with E-state index in [9.17, 15) is 19.5 Å². The second-order valence-corrected chi connectivity index (χ2v) is 12.1. The van der Waals surface area contributed by atoms with Crippen molar-refractivity contribution in [2.45, 2.75) is 78.8 Å². The van der Waals surface area contributed by atoms with Gasteiger partial charge in [0.1, 0.15) is 24.1 Å². The van der Waals surface area contributed by atoms with E-state index in [4.69, 9.17) is 23.4 Å². The molecule has 9 heteroatoms. The molecule has 1 saturated heterocycles. The number of ether oxygens (including phenoxy) is 4. The number of aliphatic hydroxyl groups excluding tert-OH is 1. The summed E-state index contributed by atoms with van der Waals surface area (Å²) in [6.07, 6.45) is 2.15. The van der Waals surface area contributed by atoms with Crippen LogP contribution in [0.5, 0.6) is 0 Å². The molecule has 206 valence electrons. The van der Waals surface area contributed by atoms with Crippen molar-refractivity contribution in [1.82, 2.24) is 0 Å². The molecule has 1 saturated carbocycles. The normalized spacial score (nSPS) is 39.2. The fourth-order valence-corrected chi connectivity index (χ4v) is 7.87. The van der Waals surface area contributed by atoms with Gasteiger partial charge in [0.25, 0.3) is 0 Å². The van der Waals surface area contributed by atoms with E-state index < -0.39 is 58.5 Å². The number of carbonyl (C=O) groups excluding carboxylic acids is 3. The van der Waals surface area contributed by atoms with E-state index >= 15 is 0 Å². The Kier molecular flexibility index (Phi) is 6.09. The summed E-state index contributed by atoms with van der Waals surface area (Å²) in [6.45, 7) is 11.2. The fourth-order valence-electron chi connectivity index (χ4n) is 7.87. The maximum absolute atomic E-state index is 12.7. The Morgan fingerprint density at radius 1 is 1.18 bits per heavy atom. The Balaban J connectivity index is 1.69. The minimum Gasteiger partial charge on any atom is -0.493 e. The highest BCUT2D eigenvalue weighted by molar-refractivity contribution is 5.86. The second-order valence-electron chi connectivity index (χ2n) is 12.1. The van der Waals surface area contributed by atoms with Gasteiger partial charge in [-0.3, -0.25) is 9.59 Å². The lowest BCUT2D eigenvalue weighted by Gasteiger charge is -2.58. The minimum absolute atomic E-state index is 0.0622. The lowest BCUT2D eigenvalue weighted by Crippen LogP contribution is -2.62. The van der Waals surface area contributed by atoms with Gasteiger partial charge in [-0.05, 0) is 37.0 Å². The fraction of sp³-hybridized carbons (Fsp3) is 0.621.